The molecule has 0 saturated carbocycles. The Balaban J connectivity index is 1.57. The maximum atomic E-state index is 12.6. The minimum Gasteiger partial charge on any atom is -0.346 e. The van der Waals surface area contributed by atoms with Gasteiger partial charge in [-0.3, -0.25) is 4.79 Å². The molecule has 5 heteroatoms. The number of hydrogen-bond donors (Lipinski definition) is 1. The van der Waals surface area contributed by atoms with Gasteiger partial charge >= 0.3 is 0 Å². The van der Waals surface area contributed by atoms with Gasteiger partial charge in [0.15, 0.2) is 0 Å². The second kappa shape index (κ2) is 5.71. The van der Waals surface area contributed by atoms with Gasteiger partial charge in [0.2, 0.25) is 0 Å². The second-order valence-electron chi connectivity index (χ2n) is 6.38. The summed E-state index contributed by atoms with van der Waals surface area (Å²) >= 11 is 0. The molecule has 1 amide bonds. The molecule has 1 N–H and O–H groups in total. The van der Waals surface area contributed by atoms with E-state index in [4.69, 9.17) is 0 Å². The van der Waals surface area contributed by atoms with E-state index in [2.05, 4.69) is 27.0 Å². The van der Waals surface area contributed by atoms with E-state index in [1.54, 1.807) is 12.4 Å². The molecule has 0 radical (unpaired) electrons. The Morgan fingerprint density at radius 3 is 2.87 bits per heavy atom. The van der Waals surface area contributed by atoms with Crippen LogP contribution >= 0.6 is 0 Å². The van der Waals surface area contributed by atoms with Crippen LogP contribution in [0.4, 0.5) is 0 Å². The summed E-state index contributed by atoms with van der Waals surface area (Å²) in [5, 5.41) is 3.18. The van der Waals surface area contributed by atoms with Crippen LogP contribution in [-0.2, 0) is 0 Å². The Kier molecular flexibility index (Phi) is 3.55. The maximum absolute atomic E-state index is 12.6. The van der Waals surface area contributed by atoms with E-state index in [-0.39, 0.29) is 11.9 Å². The van der Waals surface area contributed by atoms with Gasteiger partial charge in [-0.05, 0) is 56.8 Å². The van der Waals surface area contributed by atoms with Crippen molar-refractivity contribution < 1.29 is 4.79 Å². The van der Waals surface area contributed by atoms with Gasteiger partial charge in [-0.15, -0.1) is 0 Å². The summed E-state index contributed by atoms with van der Waals surface area (Å²) in [6.07, 6.45) is 5.88. The van der Waals surface area contributed by atoms with Crippen LogP contribution in [0.15, 0.2) is 24.5 Å². The second-order valence-corrected chi connectivity index (χ2v) is 6.38. The van der Waals surface area contributed by atoms with Crippen LogP contribution in [0.1, 0.15) is 35.9 Å². The normalized spacial score (nSPS) is 25.9. The van der Waals surface area contributed by atoms with Crippen molar-refractivity contribution in [3.63, 3.8) is 0 Å². The first-order chi connectivity index (χ1) is 11.2. The van der Waals surface area contributed by atoms with Gasteiger partial charge < -0.3 is 14.6 Å². The molecule has 5 nitrogen and oxygen atoms in total. The number of carbonyl (C=O) groups excluding carboxylic acids is 1. The van der Waals surface area contributed by atoms with Crippen molar-refractivity contribution in [2.45, 2.75) is 25.8 Å². The van der Waals surface area contributed by atoms with Crippen LogP contribution in [0.5, 0.6) is 0 Å². The van der Waals surface area contributed by atoms with Gasteiger partial charge in [0.05, 0.1) is 17.4 Å². The molecule has 1 unspecified atom stereocenters. The molecule has 3 aliphatic heterocycles. The first-order valence-electron chi connectivity index (χ1n) is 8.17. The fourth-order valence-corrected chi connectivity index (χ4v) is 3.72. The monoisotopic (exact) mass is 308 g/mol. The SMILES string of the molecule is CC#Cc1ccc2cnc(C(=O)NC3CN4CCC3CC4)cn12. The quantitative estimate of drug-likeness (QED) is 0.856. The number of nitrogens with one attached hydrogen (secondary N) is 1. The molecule has 5 heterocycles. The third-order valence-electron chi connectivity index (χ3n) is 5.00. The number of carbonyl (C=O) groups is 1. The fourth-order valence-electron chi connectivity index (χ4n) is 3.72. The summed E-state index contributed by atoms with van der Waals surface area (Å²) in [6, 6.07) is 4.16. The minimum absolute atomic E-state index is 0.0882. The summed E-state index contributed by atoms with van der Waals surface area (Å²) in [4.78, 5) is 19.3. The molecule has 3 fully saturated rings. The molecular weight excluding hydrogens is 288 g/mol. The van der Waals surface area contributed by atoms with E-state index in [1.165, 1.54) is 25.9 Å². The molecule has 3 aliphatic rings. The summed E-state index contributed by atoms with van der Waals surface area (Å²) in [7, 11) is 0. The van der Waals surface area contributed by atoms with Crippen molar-refractivity contribution in [1.29, 1.82) is 0 Å². The van der Waals surface area contributed by atoms with Crippen molar-refractivity contribution in [2.24, 2.45) is 5.92 Å². The van der Waals surface area contributed by atoms with E-state index in [0.29, 0.717) is 11.6 Å². The zero-order chi connectivity index (χ0) is 15.8. The van der Waals surface area contributed by atoms with Crippen LogP contribution in [0, 0.1) is 17.8 Å². The summed E-state index contributed by atoms with van der Waals surface area (Å²) in [5.74, 6) is 6.47. The van der Waals surface area contributed by atoms with Crippen LogP contribution in [0.2, 0.25) is 0 Å². The highest BCUT2D eigenvalue weighted by molar-refractivity contribution is 5.92. The Bertz CT molecular complexity index is 805. The lowest BCUT2D eigenvalue weighted by atomic mass is 9.84. The molecule has 0 aromatic carbocycles. The predicted molar refractivity (Wildman–Crippen MR) is 88.2 cm³/mol. The average Bonchev–Trinajstić information content (AvgIpc) is 2.99. The van der Waals surface area contributed by atoms with Crippen LogP contribution in [-0.4, -0.2) is 45.9 Å². The molecule has 2 aromatic rings. The lowest BCUT2D eigenvalue weighted by molar-refractivity contribution is 0.0617. The maximum Gasteiger partial charge on any atom is 0.271 e. The molecule has 3 saturated heterocycles. The predicted octanol–water partition coefficient (Wildman–Crippen LogP) is 1.53. The molecule has 1 atom stereocenters. The first-order valence-corrected chi connectivity index (χ1v) is 8.17. The number of aromatic nitrogens is 2. The third kappa shape index (κ3) is 2.60. The van der Waals surface area contributed by atoms with E-state index in [1.807, 2.05) is 23.5 Å². The van der Waals surface area contributed by atoms with E-state index >= 15 is 0 Å². The Morgan fingerprint density at radius 2 is 2.17 bits per heavy atom. The van der Waals surface area contributed by atoms with Crippen molar-refractivity contribution in [3.05, 3.63) is 35.9 Å². The number of hydrogen-bond acceptors (Lipinski definition) is 3. The standard InChI is InChI=1S/C18H20N4O/c1-2-3-14-4-5-15-10-19-17(12-22(14)15)18(23)20-16-11-21-8-6-13(16)7-9-21/h4-5,10,12-13,16H,6-9,11H2,1H3,(H,20,23). The topological polar surface area (TPSA) is 49.6 Å². The van der Waals surface area contributed by atoms with Crippen LogP contribution < -0.4 is 5.32 Å². The van der Waals surface area contributed by atoms with Gasteiger partial charge in [0.25, 0.3) is 5.91 Å². The largest absolute Gasteiger partial charge is 0.346 e. The lowest BCUT2D eigenvalue weighted by Crippen LogP contribution is -2.57. The summed E-state index contributed by atoms with van der Waals surface area (Å²) in [6.45, 7) is 5.11. The highest BCUT2D eigenvalue weighted by Crippen LogP contribution is 2.27. The van der Waals surface area contributed by atoms with Gasteiger partial charge in [-0.25, -0.2) is 4.98 Å². The summed E-state index contributed by atoms with van der Waals surface area (Å²) in [5.41, 5.74) is 2.27. The zero-order valence-electron chi connectivity index (χ0n) is 13.2. The van der Waals surface area contributed by atoms with Crippen molar-refractivity contribution >= 4 is 11.4 Å². The molecule has 2 bridgehead atoms. The highest BCUT2D eigenvalue weighted by Gasteiger charge is 2.35. The van der Waals surface area contributed by atoms with Crippen molar-refractivity contribution in [3.8, 4) is 11.8 Å². The van der Waals surface area contributed by atoms with Crippen molar-refractivity contribution in [2.75, 3.05) is 19.6 Å². The Morgan fingerprint density at radius 1 is 1.35 bits per heavy atom. The fraction of sp³-hybridized carbons (Fsp3) is 0.444. The van der Waals surface area contributed by atoms with E-state index in [0.717, 1.165) is 17.8 Å². The van der Waals surface area contributed by atoms with Crippen LogP contribution in [0.3, 0.4) is 0 Å². The molecule has 0 aliphatic carbocycles. The number of rotatable bonds is 2. The molecule has 23 heavy (non-hydrogen) atoms. The molecule has 118 valence electrons. The van der Waals surface area contributed by atoms with Gasteiger partial charge in [0.1, 0.15) is 5.69 Å². The molecular formula is C18H20N4O. The Labute approximate surface area is 135 Å². The van der Waals surface area contributed by atoms with E-state index in [9.17, 15) is 4.79 Å². The highest BCUT2D eigenvalue weighted by atomic mass is 16.2. The number of fused-ring (bicyclic) bond motifs is 4. The van der Waals surface area contributed by atoms with Gasteiger partial charge in [-0.2, -0.15) is 0 Å². The minimum atomic E-state index is -0.0882. The number of amides is 1. The summed E-state index contributed by atoms with van der Waals surface area (Å²) < 4.78 is 1.93. The molecule has 5 rings (SSSR count). The zero-order valence-corrected chi connectivity index (χ0v) is 13.2. The third-order valence-corrected chi connectivity index (χ3v) is 5.00. The lowest BCUT2D eigenvalue weighted by Gasteiger charge is -2.44. The van der Waals surface area contributed by atoms with Crippen LogP contribution in [0.25, 0.3) is 5.52 Å². The average molecular weight is 308 g/mol. The van der Waals surface area contributed by atoms with Gasteiger partial charge in [-0.1, -0.05) is 5.92 Å². The van der Waals surface area contributed by atoms with E-state index < -0.39 is 0 Å². The first kappa shape index (κ1) is 14.3. The molecule has 0 spiro atoms. The molecule has 2 aromatic heterocycles. The Hall–Kier alpha value is -2.32. The smallest absolute Gasteiger partial charge is 0.271 e. The van der Waals surface area contributed by atoms with Crippen molar-refractivity contribution in [1.82, 2.24) is 19.6 Å². The number of piperidine rings is 3. The number of nitrogens with zero attached hydrogens (tertiary/aromatic N) is 3. The van der Waals surface area contributed by atoms with Gasteiger partial charge in [0, 0.05) is 18.8 Å².